The Morgan fingerprint density at radius 3 is 1.65 bits per heavy atom. The third-order valence-electron chi connectivity index (χ3n) is 10.3. The van der Waals surface area contributed by atoms with Gasteiger partial charge in [0.1, 0.15) is 18.3 Å². The Morgan fingerprint density at radius 1 is 0.735 bits per heavy atom. The van der Waals surface area contributed by atoms with E-state index in [1.807, 2.05) is 13.8 Å². The van der Waals surface area contributed by atoms with E-state index < -0.39 is 46.8 Å². The zero-order valence-corrected chi connectivity index (χ0v) is 34.2. The van der Waals surface area contributed by atoms with E-state index in [0.717, 1.165) is 6.42 Å². The molecule has 3 aromatic carbocycles. The fourth-order valence-corrected chi connectivity index (χ4v) is 12.8. The molecule has 1 aliphatic rings. The van der Waals surface area contributed by atoms with Gasteiger partial charge in [-0.1, -0.05) is 146 Å². The normalized spacial score (nSPS) is 19.9. The van der Waals surface area contributed by atoms with Crippen molar-refractivity contribution in [1.29, 1.82) is 0 Å². The maximum atomic E-state index is 14.3. The first-order chi connectivity index (χ1) is 22.8. The molecule has 4 atom stereocenters. The molecule has 3 aromatic rings. The van der Waals surface area contributed by atoms with E-state index in [9.17, 15) is 4.79 Å². The maximum absolute atomic E-state index is 14.3. The molecule has 0 aliphatic carbocycles. The van der Waals surface area contributed by atoms with Gasteiger partial charge in [0, 0.05) is 6.42 Å². The van der Waals surface area contributed by atoms with Crippen molar-refractivity contribution >= 4 is 32.8 Å². The molecule has 49 heavy (non-hydrogen) atoms. The lowest BCUT2D eigenvalue weighted by molar-refractivity contribution is -0.162. The molecular formula is C42H62O5Si2. The van der Waals surface area contributed by atoms with E-state index in [2.05, 4.69) is 159 Å². The summed E-state index contributed by atoms with van der Waals surface area (Å²) in [5.41, 5.74) is 1.23. The number of rotatable bonds is 14. The van der Waals surface area contributed by atoms with Crippen LogP contribution in [0.4, 0.5) is 0 Å². The lowest BCUT2D eigenvalue weighted by atomic mass is 9.93. The van der Waals surface area contributed by atoms with Crippen LogP contribution in [0, 0.1) is 5.92 Å². The Morgan fingerprint density at radius 2 is 1.20 bits per heavy atom. The molecule has 0 radical (unpaired) electrons. The van der Waals surface area contributed by atoms with E-state index in [1.54, 1.807) is 0 Å². The van der Waals surface area contributed by atoms with Crippen molar-refractivity contribution in [2.45, 2.75) is 142 Å². The Balaban J connectivity index is 1.92. The largest absolute Gasteiger partial charge is 0.404 e. The molecule has 1 aliphatic heterocycles. The van der Waals surface area contributed by atoms with E-state index in [0.29, 0.717) is 12.8 Å². The highest BCUT2D eigenvalue weighted by Gasteiger charge is 2.57. The lowest BCUT2D eigenvalue weighted by Gasteiger charge is -2.47. The van der Waals surface area contributed by atoms with Gasteiger partial charge in [-0.25, -0.2) is 0 Å². The van der Waals surface area contributed by atoms with Crippen LogP contribution < -0.4 is 10.4 Å². The van der Waals surface area contributed by atoms with Gasteiger partial charge in [-0.3, -0.25) is 4.79 Å². The summed E-state index contributed by atoms with van der Waals surface area (Å²) in [7, 11) is -5.41. The van der Waals surface area contributed by atoms with Crippen LogP contribution in [0.25, 0.3) is 0 Å². The average Bonchev–Trinajstić information content (AvgIpc) is 3.34. The van der Waals surface area contributed by atoms with Crippen molar-refractivity contribution in [3.63, 3.8) is 0 Å². The SMILES string of the molecule is CC(C)CC(=O)[C@@H](O[Si](C)(C)C(C)(C)C)[C@H]1OC(C)(C)O[C@@H]1[C@@H](CCc1ccccc1)O[Si](c1ccccc1)(c1ccccc1)C(C)(C)C. The second-order valence-electron chi connectivity index (χ2n) is 17.3. The number of benzene rings is 3. The fraction of sp³-hybridized carbons (Fsp3) is 0.548. The quantitative estimate of drug-likeness (QED) is 0.157. The van der Waals surface area contributed by atoms with Gasteiger partial charge < -0.3 is 18.3 Å². The fourth-order valence-electron chi connectivity index (χ4n) is 6.83. The lowest BCUT2D eigenvalue weighted by Crippen LogP contribution is -2.69. The topological polar surface area (TPSA) is 54.0 Å². The third kappa shape index (κ3) is 9.29. The van der Waals surface area contributed by atoms with Gasteiger partial charge in [0.25, 0.3) is 8.32 Å². The van der Waals surface area contributed by atoms with Crippen molar-refractivity contribution in [1.82, 2.24) is 0 Å². The number of ketones is 1. The number of aryl methyl sites for hydroxylation is 1. The highest BCUT2D eigenvalue weighted by molar-refractivity contribution is 6.99. The molecule has 268 valence electrons. The van der Waals surface area contributed by atoms with Crippen LogP contribution in [0.15, 0.2) is 91.0 Å². The van der Waals surface area contributed by atoms with Gasteiger partial charge >= 0.3 is 0 Å². The summed E-state index contributed by atoms with van der Waals surface area (Å²) in [4.78, 5) is 14.3. The first kappa shape index (κ1) is 39.4. The minimum Gasteiger partial charge on any atom is -0.404 e. The average molecular weight is 703 g/mol. The van der Waals surface area contributed by atoms with Crippen LogP contribution in [-0.4, -0.2) is 52.6 Å². The monoisotopic (exact) mass is 702 g/mol. The van der Waals surface area contributed by atoms with Crippen LogP contribution in [-0.2, 0) is 29.5 Å². The van der Waals surface area contributed by atoms with E-state index in [1.165, 1.54) is 15.9 Å². The van der Waals surface area contributed by atoms with Crippen molar-refractivity contribution in [3.8, 4) is 0 Å². The summed E-state index contributed by atoms with van der Waals surface area (Å²) < 4.78 is 28.7. The highest BCUT2D eigenvalue weighted by atomic mass is 28.4. The van der Waals surface area contributed by atoms with Crippen molar-refractivity contribution in [3.05, 3.63) is 96.6 Å². The van der Waals surface area contributed by atoms with Crippen LogP contribution in [0.1, 0.15) is 87.6 Å². The van der Waals surface area contributed by atoms with Crippen LogP contribution in [0.3, 0.4) is 0 Å². The van der Waals surface area contributed by atoms with Gasteiger partial charge in [0.05, 0.1) is 6.10 Å². The summed E-state index contributed by atoms with van der Waals surface area (Å²) in [6, 6.07) is 32.0. The molecule has 1 heterocycles. The van der Waals surface area contributed by atoms with Crippen LogP contribution in [0.5, 0.6) is 0 Å². The number of hydrogen-bond acceptors (Lipinski definition) is 5. The smallest absolute Gasteiger partial charge is 0.261 e. The predicted octanol–water partition coefficient (Wildman–Crippen LogP) is 9.09. The van der Waals surface area contributed by atoms with Crippen LogP contribution in [0.2, 0.25) is 23.2 Å². The number of hydrogen-bond donors (Lipinski definition) is 0. The number of carbonyl (C=O) groups is 1. The summed E-state index contributed by atoms with van der Waals surface area (Å²) in [5.74, 6) is -0.667. The molecular weight excluding hydrogens is 641 g/mol. The summed E-state index contributed by atoms with van der Waals surface area (Å²) >= 11 is 0. The van der Waals surface area contributed by atoms with Gasteiger partial charge in [-0.15, -0.1) is 0 Å². The van der Waals surface area contributed by atoms with Gasteiger partial charge in [0.2, 0.25) is 0 Å². The predicted molar refractivity (Wildman–Crippen MR) is 208 cm³/mol. The van der Waals surface area contributed by atoms with E-state index in [4.69, 9.17) is 18.3 Å². The third-order valence-corrected chi connectivity index (χ3v) is 19.8. The van der Waals surface area contributed by atoms with Crippen LogP contribution >= 0.6 is 0 Å². The molecule has 0 saturated carbocycles. The summed E-state index contributed by atoms with van der Waals surface area (Å²) in [6.45, 7) is 26.0. The maximum Gasteiger partial charge on any atom is 0.261 e. The number of carbonyl (C=O) groups excluding carboxylic acids is 1. The molecule has 1 fully saturated rings. The minimum absolute atomic E-state index is 0.0726. The Kier molecular flexibility index (Phi) is 12.4. The molecule has 0 unspecified atom stereocenters. The van der Waals surface area contributed by atoms with E-state index >= 15 is 0 Å². The first-order valence-corrected chi connectivity index (χ1v) is 23.0. The number of ether oxygens (including phenoxy) is 2. The molecule has 5 nitrogen and oxygen atoms in total. The molecule has 0 spiro atoms. The summed E-state index contributed by atoms with van der Waals surface area (Å²) in [6.07, 6.45) is -0.422. The van der Waals surface area contributed by atoms with Crippen molar-refractivity contribution in [2.24, 2.45) is 5.92 Å². The second kappa shape index (κ2) is 15.5. The Labute approximate surface area is 299 Å². The second-order valence-corrected chi connectivity index (χ2v) is 26.3. The molecule has 0 aromatic heterocycles. The zero-order valence-electron chi connectivity index (χ0n) is 32.2. The number of Topliss-reactive ketones (excluding diaryl/α,β-unsaturated/α-hetero) is 1. The van der Waals surface area contributed by atoms with Gasteiger partial charge in [0.15, 0.2) is 19.9 Å². The summed E-state index contributed by atoms with van der Waals surface area (Å²) in [5, 5.41) is 2.08. The van der Waals surface area contributed by atoms with Crippen molar-refractivity contribution in [2.75, 3.05) is 0 Å². The molecule has 0 bridgehead atoms. The molecule has 1 saturated heterocycles. The molecule has 0 N–H and O–H groups in total. The standard InChI is InChI=1S/C42H62O5Si2/c1-31(2)30-35(43)37(47-48(11,12)40(3,4)5)39-38(44-42(9,10)45-39)36(29-28-32-22-16-13-17-23-32)46-49(41(6,7)8,33-24-18-14-19-25-33)34-26-20-15-21-27-34/h13-27,31,36-39H,28-30H2,1-12H3/t36-,37-,38-,39-/m1/s1. The highest BCUT2D eigenvalue weighted by Crippen LogP contribution is 2.44. The zero-order chi connectivity index (χ0) is 36.3. The Hall–Kier alpha value is -2.40. The van der Waals surface area contributed by atoms with Gasteiger partial charge in [-0.2, -0.15) is 0 Å². The first-order valence-electron chi connectivity index (χ1n) is 18.2. The molecule has 4 rings (SSSR count). The van der Waals surface area contributed by atoms with Crippen molar-refractivity contribution < 1.29 is 23.1 Å². The Bertz CT molecular complexity index is 1440. The van der Waals surface area contributed by atoms with E-state index in [-0.39, 0.29) is 21.8 Å². The van der Waals surface area contributed by atoms with Gasteiger partial charge in [-0.05, 0) is 71.7 Å². The minimum atomic E-state index is -3.01. The molecule has 7 heteroatoms. The molecule has 0 amide bonds.